The number of nitrogens with zero attached hydrogens (tertiary/aromatic N) is 2. The van der Waals surface area contributed by atoms with Crippen LogP contribution in [0, 0.1) is 0 Å². The number of carbonyl (C=O) groups excluding carboxylic acids is 1. The number of amides is 1. The molecule has 1 aromatic rings. The van der Waals surface area contributed by atoms with Crippen LogP contribution in [0.1, 0.15) is 53.4 Å². The predicted molar refractivity (Wildman–Crippen MR) is 107 cm³/mol. The van der Waals surface area contributed by atoms with E-state index in [0.29, 0.717) is 11.4 Å². The van der Waals surface area contributed by atoms with Gasteiger partial charge in [0, 0.05) is 6.08 Å². The zero-order valence-corrected chi connectivity index (χ0v) is 16.1. The molecule has 0 saturated heterocycles. The molecule has 0 unspecified atom stereocenters. The number of rotatable bonds is 7. The van der Waals surface area contributed by atoms with Gasteiger partial charge < -0.3 is 0 Å². The summed E-state index contributed by atoms with van der Waals surface area (Å²) in [6.45, 7) is 8.36. The average Bonchev–Trinajstić information content (AvgIpc) is 2.92. The van der Waals surface area contributed by atoms with Crippen LogP contribution in [0.25, 0.3) is 0 Å². The van der Waals surface area contributed by atoms with Crippen molar-refractivity contribution in [1.82, 2.24) is 5.53 Å². The first-order valence-corrected chi connectivity index (χ1v) is 9.03. The highest BCUT2D eigenvalue weighted by atomic mass is 16.6. The first kappa shape index (κ1) is 19.9. The lowest BCUT2D eigenvalue weighted by atomic mass is 10.1. The molecule has 1 amide bonds. The molecule has 140 valence electrons. The topological polar surface area (TPSA) is 55.8 Å². The summed E-state index contributed by atoms with van der Waals surface area (Å²) >= 11 is 0. The van der Waals surface area contributed by atoms with Gasteiger partial charge in [0.1, 0.15) is 5.69 Å². The summed E-state index contributed by atoms with van der Waals surface area (Å²) in [5.41, 5.74) is 7.59. The molecule has 5 heteroatoms. The lowest BCUT2D eigenvalue weighted by molar-refractivity contribution is -0.115. The zero-order chi connectivity index (χ0) is 19.1. The lowest BCUT2D eigenvalue weighted by Gasteiger charge is -2.15. The van der Waals surface area contributed by atoms with Crippen molar-refractivity contribution >= 4 is 17.3 Å². The molecule has 0 radical (unpaired) electrons. The molecule has 0 aliphatic carbocycles. The molecule has 0 saturated carbocycles. The standard InChI is InChI=1S/C21H29N3O2/c1-16(2)9-7-10-17(3)11-8-12-18(4)15-21(25)23-19-13-5-6-14-20(19)24(26)22-23/h5-6,9,11,13-15,22,26H,7-8,10,12H2,1-4H3. The second-order valence-corrected chi connectivity index (χ2v) is 6.97. The van der Waals surface area contributed by atoms with E-state index in [-0.39, 0.29) is 5.91 Å². The number of hydrogen-bond donors (Lipinski definition) is 2. The molecular formula is C21H29N3O2. The van der Waals surface area contributed by atoms with Gasteiger partial charge in [-0.25, -0.2) is 5.01 Å². The van der Waals surface area contributed by atoms with Crippen molar-refractivity contribution in [2.75, 3.05) is 10.2 Å². The fraction of sp³-hybridized carbons (Fsp3) is 0.381. The number of carbonyl (C=O) groups is 1. The smallest absolute Gasteiger partial charge is 0.266 e. The fourth-order valence-electron chi connectivity index (χ4n) is 2.79. The summed E-state index contributed by atoms with van der Waals surface area (Å²) in [6, 6.07) is 7.18. The zero-order valence-electron chi connectivity index (χ0n) is 16.1. The van der Waals surface area contributed by atoms with Gasteiger partial charge in [0.25, 0.3) is 5.91 Å². The van der Waals surface area contributed by atoms with Crippen molar-refractivity contribution in [3.8, 4) is 0 Å². The van der Waals surface area contributed by atoms with E-state index >= 15 is 0 Å². The van der Waals surface area contributed by atoms with Gasteiger partial charge >= 0.3 is 0 Å². The van der Waals surface area contributed by atoms with Crippen molar-refractivity contribution in [2.45, 2.75) is 53.4 Å². The lowest BCUT2D eigenvalue weighted by Crippen LogP contribution is -2.45. The molecule has 1 heterocycles. The van der Waals surface area contributed by atoms with Crippen LogP contribution < -0.4 is 15.7 Å². The van der Waals surface area contributed by atoms with Gasteiger partial charge in [0.05, 0.1) is 5.69 Å². The molecule has 26 heavy (non-hydrogen) atoms. The van der Waals surface area contributed by atoms with Crippen LogP contribution in [0.15, 0.2) is 59.2 Å². The Labute approximate surface area is 156 Å². The number of nitrogens with one attached hydrogen (secondary N) is 1. The van der Waals surface area contributed by atoms with Crippen LogP contribution in [0.4, 0.5) is 11.4 Å². The Morgan fingerprint density at radius 1 is 1.00 bits per heavy atom. The maximum atomic E-state index is 12.5. The third-order valence-electron chi connectivity index (χ3n) is 4.26. The summed E-state index contributed by atoms with van der Waals surface area (Å²) in [7, 11) is 0. The Morgan fingerprint density at radius 2 is 1.62 bits per heavy atom. The number of benzene rings is 1. The minimum absolute atomic E-state index is 0.198. The number of hydrazine groups is 2. The van der Waals surface area contributed by atoms with E-state index in [1.165, 1.54) is 16.2 Å². The fourth-order valence-corrected chi connectivity index (χ4v) is 2.79. The minimum Gasteiger partial charge on any atom is -0.271 e. The second kappa shape index (κ2) is 9.36. The Hall–Kier alpha value is -2.37. The van der Waals surface area contributed by atoms with Crippen LogP contribution in [0.5, 0.6) is 0 Å². The Morgan fingerprint density at radius 3 is 2.31 bits per heavy atom. The molecule has 0 bridgehead atoms. The quantitative estimate of drug-likeness (QED) is 0.530. The third-order valence-corrected chi connectivity index (χ3v) is 4.26. The maximum absolute atomic E-state index is 12.5. The molecule has 2 rings (SSSR count). The molecule has 0 fully saturated rings. The molecule has 0 spiro atoms. The van der Waals surface area contributed by atoms with Gasteiger partial charge in [0.15, 0.2) is 0 Å². The van der Waals surface area contributed by atoms with Crippen molar-refractivity contribution in [3.63, 3.8) is 0 Å². The van der Waals surface area contributed by atoms with E-state index in [9.17, 15) is 10.0 Å². The van der Waals surface area contributed by atoms with Crippen LogP contribution in [0.2, 0.25) is 0 Å². The largest absolute Gasteiger partial charge is 0.271 e. The van der Waals surface area contributed by atoms with Crippen LogP contribution in [0.3, 0.4) is 0 Å². The summed E-state index contributed by atoms with van der Waals surface area (Å²) in [5, 5.41) is 12.0. The maximum Gasteiger partial charge on any atom is 0.266 e. The number of hydrogen-bond acceptors (Lipinski definition) is 4. The number of allylic oxidation sites excluding steroid dienone is 5. The number of anilines is 2. The summed E-state index contributed by atoms with van der Waals surface area (Å²) in [6.07, 6.45) is 10.0. The number of fused-ring (bicyclic) bond motifs is 1. The number of para-hydroxylation sites is 2. The minimum atomic E-state index is -0.198. The molecule has 1 aliphatic heterocycles. The highest BCUT2D eigenvalue weighted by molar-refractivity contribution is 6.04. The van der Waals surface area contributed by atoms with Gasteiger partial charge in [0.2, 0.25) is 0 Å². The van der Waals surface area contributed by atoms with Crippen molar-refractivity contribution in [2.24, 2.45) is 0 Å². The van der Waals surface area contributed by atoms with Gasteiger partial charge in [-0.1, -0.05) is 41.0 Å². The second-order valence-electron chi connectivity index (χ2n) is 6.97. The Balaban J connectivity index is 1.88. The van der Waals surface area contributed by atoms with Crippen molar-refractivity contribution in [1.29, 1.82) is 0 Å². The van der Waals surface area contributed by atoms with E-state index in [0.717, 1.165) is 36.4 Å². The molecule has 2 N–H and O–H groups in total. The van der Waals surface area contributed by atoms with Gasteiger partial charge in [-0.15, -0.1) is 5.53 Å². The summed E-state index contributed by atoms with van der Waals surface area (Å²) in [5.74, 6) is -0.198. The van der Waals surface area contributed by atoms with Crippen molar-refractivity contribution < 1.29 is 10.0 Å². The SMILES string of the molecule is CC(C)=CCCC(C)=CCCC(C)=CC(=O)N1NN(O)c2ccccc21. The van der Waals surface area contributed by atoms with Crippen LogP contribution >= 0.6 is 0 Å². The molecular weight excluding hydrogens is 326 g/mol. The highest BCUT2D eigenvalue weighted by Crippen LogP contribution is 2.31. The third kappa shape index (κ3) is 5.58. The monoisotopic (exact) mass is 355 g/mol. The highest BCUT2D eigenvalue weighted by Gasteiger charge is 2.27. The molecule has 5 nitrogen and oxygen atoms in total. The molecule has 1 aromatic carbocycles. The van der Waals surface area contributed by atoms with Gasteiger partial charge in [-0.05, 0) is 65.5 Å². The molecule has 0 aromatic heterocycles. The normalized spacial score (nSPS) is 14.5. The van der Waals surface area contributed by atoms with Gasteiger partial charge in [-0.2, -0.15) is 5.17 Å². The van der Waals surface area contributed by atoms with Crippen molar-refractivity contribution in [3.05, 3.63) is 59.2 Å². The van der Waals surface area contributed by atoms with E-state index < -0.39 is 0 Å². The molecule has 0 atom stereocenters. The first-order valence-electron chi connectivity index (χ1n) is 9.03. The first-order chi connectivity index (χ1) is 12.4. The van der Waals surface area contributed by atoms with E-state index in [2.05, 4.69) is 38.5 Å². The van der Waals surface area contributed by atoms with Crippen LogP contribution in [-0.4, -0.2) is 11.1 Å². The van der Waals surface area contributed by atoms with E-state index in [1.54, 1.807) is 18.2 Å². The Bertz CT molecular complexity index is 731. The molecule has 1 aliphatic rings. The predicted octanol–water partition coefficient (Wildman–Crippen LogP) is 5.07. The summed E-state index contributed by atoms with van der Waals surface area (Å²) in [4.78, 5) is 12.5. The average molecular weight is 355 g/mol. The van der Waals surface area contributed by atoms with E-state index in [1.807, 2.05) is 19.1 Å². The van der Waals surface area contributed by atoms with E-state index in [4.69, 9.17) is 0 Å². The van der Waals surface area contributed by atoms with Gasteiger partial charge in [-0.3, -0.25) is 10.0 Å². The Kier molecular flexibility index (Phi) is 7.18. The van der Waals surface area contributed by atoms with Crippen LogP contribution in [-0.2, 0) is 4.79 Å². The summed E-state index contributed by atoms with van der Waals surface area (Å²) < 4.78 is 0.